The Morgan fingerprint density at radius 2 is 1.42 bits per heavy atom. The highest BCUT2D eigenvalue weighted by atomic mass is 31.1. The Morgan fingerprint density at radius 3 is 2.11 bits per heavy atom. The summed E-state index contributed by atoms with van der Waals surface area (Å²) in [7, 11) is 0.909. The van der Waals surface area contributed by atoms with Crippen LogP contribution in [0.4, 0.5) is 0 Å². The number of hydrogen-bond donors (Lipinski definition) is 0. The molecule has 0 radical (unpaired) electrons. The first kappa shape index (κ1) is 12.9. The van der Waals surface area contributed by atoms with E-state index in [4.69, 9.17) is 0 Å². The van der Waals surface area contributed by atoms with Crippen LogP contribution >= 0.6 is 8.58 Å². The van der Waals surface area contributed by atoms with Gasteiger partial charge in [-0.3, -0.25) is 0 Å². The van der Waals surface area contributed by atoms with E-state index in [1.54, 1.807) is 10.9 Å². The average Bonchev–Trinajstić information content (AvgIpc) is 2.42. The van der Waals surface area contributed by atoms with Crippen LogP contribution in [0.25, 0.3) is 0 Å². The van der Waals surface area contributed by atoms with Crippen molar-refractivity contribution in [3.05, 3.63) is 64.2 Å². The molecule has 0 saturated carbocycles. The largest absolute Gasteiger partial charge is 0.0933 e. The highest BCUT2D eigenvalue weighted by Crippen LogP contribution is 2.20. The lowest BCUT2D eigenvalue weighted by atomic mass is 9.94. The van der Waals surface area contributed by atoms with Gasteiger partial charge in [-0.25, -0.2) is 0 Å². The normalized spacial score (nSPS) is 14.8. The molecule has 6 rings (SSSR count). The van der Waals surface area contributed by atoms with Gasteiger partial charge in [0.25, 0.3) is 0 Å². The topological polar surface area (TPSA) is 0 Å². The Balaban J connectivity index is 2.02. The van der Waals surface area contributed by atoms with Crippen molar-refractivity contribution in [1.29, 1.82) is 0 Å². The molecule has 2 aromatic carbocycles. The van der Waals surface area contributed by atoms with E-state index in [-0.39, 0.29) is 0 Å². The molecule has 98 valence electrons. The molecule has 0 aromatic heterocycles. The summed E-state index contributed by atoms with van der Waals surface area (Å²) in [6.45, 7) is 4.55. The van der Waals surface area contributed by atoms with Gasteiger partial charge >= 0.3 is 0 Å². The van der Waals surface area contributed by atoms with Gasteiger partial charge in [0.2, 0.25) is 0 Å². The second-order valence-corrected chi connectivity index (χ2v) is 6.54. The molecule has 19 heavy (non-hydrogen) atoms. The van der Waals surface area contributed by atoms with Crippen molar-refractivity contribution in [2.75, 3.05) is 6.66 Å². The van der Waals surface area contributed by atoms with E-state index in [1.807, 2.05) is 0 Å². The Morgan fingerprint density at radius 1 is 0.789 bits per heavy atom. The van der Waals surface area contributed by atoms with Crippen molar-refractivity contribution in [2.45, 2.75) is 32.6 Å². The number of benzene rings is 2. The monoisotopic (exact) mass is 268 g/mol. The van der Waals surface area contributed by atoms with E-state index in [0.717, 1.165) is 27.8 Å². The van der Waals surface area contributed by atoms with E-state index in [1.165, 1.54) is 28.7 Å². The molecule has 2 aromatic rings. The van der Waals surface area contributed by atoms with Crippen molar-refractivity contribution < 1.29 is 0 Å². The molecule has 0 heterocycles. The molecule has 4 aliphatic rings. The quantitative estimate of drug-likeness (QED) is 0.690. The van der Waals surface area contributed by atoms with Crippen molar-refractivity contribution in [1.82, 2.24) is 0 Å². The van der Waals surface area contributed by atoms with Gasteiger partial charge in [0.1, 0.15) is 0 Å². The van der Waals surface area contributed by atoms with Crippen LogP contribution in [0.2, 0.25) is 0 Å². The Kier molecular flexibility index (Phi) is 3.71. The van der Waals surface area contributed by atoms with Crippen molar-refractivity contribution in [3.63, 3.8) is 0 Å². The van der Waals surface area contributed by atoms with Gasteiger partial charge in [0, 0.05) is 0 Å². The minimum absolute atomic E-state index is 0.909. The van der Waals surface area contributed by atoms with Crippen LogP contribution < -0.4 is 5.30 Å². The molecule has 0 fully saturated rings. The zero-order chi connectivity index (χ0) is 13.2. The van der Waals surface area contributed by atoms with Crippen LogP contribution in [0.1, 0.15) is 27.8 Å². The van der Waals surface area contributed by atoms with Crippen LogP contribution in [0, 0.1) is 6.92 Å². The maximum Gasteiger partial charge on any atom is -0.0232 e. The van der Waals surface area contributed by atoms with Crippen molar-refractivity contribution in [3.8, 4) is 0 Å². The second-order valence-electron chi connectivity index (χ2n) is 5.50. The van der Waals surface area contributed by atoms with E-state index >= 15 is 0 Å². The third-order valence-electron chi connectivity index (χ3n) is 4.22. The first-order valence-electron chi connectivity index (χ1n) is 7.14. The molecule has 0 saturated heterocycles. The first-order valence-corrected chi connectivity index (χ1v) is 8.64. The van der Waals surface area contributed by atoms with Crippen LogP contribution in [0.15, 0.2) is 36.4 Å². The van der Waals surface area contributed by atoms with Gasteiger partial charge in [0.05, 0.1) is 0 Å². The summed E-state index contributed by atoms with van der Waals surface area (Å²) in [4.78, 5) is 0. The van der Waals surface area contributed by atoms with E-state index in [9.17, 15) is 0 Å². The van der Waals surface area contributed by atoms with Crippen LogP contribution in [-0.4, -0.2) is 6.66 Å². The van der Waals surface area contributed by atoms with Gasteiger partial charge in [-0.1, -0.05) is 45.0 Å². The maximum absolute atomic E-state index is 2.44. The Labute approximate surface area is 118 Å². The first-order chi connectivity index (χ1) is 9.26. The molecule has 1 unspecified atom stereocenters. The zero-order valence-electron chi connectivity index (χ0n) is 11.8. The minimum atomic E-state index is 0.909. The standard InChI is InChI=1S/C18H21P/c1-13-11-14-3-7-16(13)8-4-15-6-10-17(9-5-14)18(12-15)19-2/h3,6-7,10-12,19H,4-5,8-9H2,1-2H3. The highest BCUT2D eigenvalue weighted by molar-refractivity contribution is 7.46. The average molecular weight is 268 g/mol. The SMILES string of the molecule is CPc1cc2ccc1CCc1ccc(c(C)c1)CC2. The summed E-state index contributed by atoms with van der Waals surface area (Å²) >= 11 is 0. The predicted octanol–water partition coefficient (Wildman–Crippen LogP) is 3.81. The van der Waals surface area contributed by atoms with Gasteiger partial charge in [0.15, 0.2) is 0 Å². The van der Waals surface area contributed by atoms with Crippen LogP contribution in [0.5, 0.6) is 0 Å². The van der Waals surface area contributed by atoms with Gasteiger partial charge in [-0.05, 0) is 72.4 Å². The van der Waals surface area contributed by atoms with Crippen LogP contribution in [0.3, 0.4) is 0 Å². The molecular weight excluding hydrogens is 247 g/mol. The molecule has 0 nitrogen and oxygen atoms in total. The minimum Gasteiger partial charge on any atom is -0.0933 e. The van der Waals surface area contributed by atoms with Crippen molar-refractivity contribution in [2.24, 2.45) is 0 Å². The van der Waals surface area contributed by atoms with E-state index < -0.39 is 0 Å². The summed E-state index contributed by atoms with van der Waals surface area (Å²) in [6.07, 6.45) is 4.67. The summed E-state index contributed by atoms with van der Waals surface area (Å²) in [5.41, 5.74) is 7.50. The van der Waals surface area contributed by atoms with Crippen LogP contribution in [-0.2, 0) is 25.7 Å². The molecule has 4 aliphatic carbocycles. The van der Waals surface area contributed by atoms with Crippen molar-refractivity contribution >= 4 is 13.9 Å². The summed E-state index contributed by atoms with van der Waals surface area (Å²) in [5, 5.41) is 1.57. The maximum atomic E-state index is 2.44. The van der Waals surface area contributed by atoms with E-state index in [2.05, 4.69) is 50.0 Å². The fourth-order valence-corrected chi connectivity index (χ4v) is 3.84. The fraction of sp³-hybridized carbons (Fsp3) is 0.333. The third-order valence-corrected chi connectivity index (χ3v) is 5.22. The Hall–Kier alpha value is -1.13. The number of hydrogen-bond acceptors (Lipinski definition) is 0. The molecule has 1 atom stereocenters. The van der Waals surface area contributed by atoms with Gasteiger partial charge in [-0.2, -0.15) is 0 Å². The molecule has 1 heteroatoms. The summed E-state index contributed by atoms with van der Waals surface area (Å²) in [6, 6.07) is 14.2. The van der Waals surface area contributed by atoms with E-state index in [0.29, 0.717) is 0 Å². The number of rotatable bonds is 1. The summed E-state index contributed by atoms with van der Waals surface area (Å²) in [5.74, 6) is 0. The molecule has 0 amide bonds. The Bertz CT molecular complexity index is 599. The lowest BCUT2D eigenvalue weighted by Crippen LogP contribution is -2.09. The van der Waals surface area contributed by atoms with Gasteiger partial charge < -0.3 is 0 Å². The smallest absolute Gasteiger partial charge is 0.0232 e. The second kappa shape index (κ2) is 5.47. The highest BCUT2D eigenvalue weighted by Gasteiger charge is 2.08. The third kappa shape index (κ3) is 2.74. The fourth-order valence-electron chi connectivity index (χ4n) is 2.98. The zero-order valence-corrected chi connectivity index (χ0v) is 12.8. The molecule has 0 spiro atoms. The lowest BCUT2D eigenvalue weighted by molar-refractivity contribution is 0.917. The molecule has 0 N–H and O–H groups in total. The van der Waals surface area contributed by atoms with Gasteiger partial charge in [-0.15, -0.1) is 0 Å². The summed E-state index contributed by atoms with van der Waals surface area (Å²) < 4.78 is 0. The molecule has 4 bridgehead atoms. The lowest BCUT2D eigenvalue weighted by Gasteiger charge is -2.14. The number of aryl methyl sites for hydroxylation is 5. The molecule has 0 aliphatic heterocycles. The predicted molar refractivity (Wildman–Crippen MR) is 86.3 cm³/mol. The molecular formula is C18H21P.